The average Bonchev–Trinajstić information content (AvgIpc) is 3.10. The summed E-state index contributed by atoms with van der Waals surface area (Å²) in [6.07, 6.45) is 2.29. The first-order valence-electron chi connectivity index (χ1n) is 7.68. The minimum Gasteiger partial charge on any atom is -0.302 e. The molecule has 1 heterocycles. The van der Waals surface area contributed by atoms with E-state index >= 15 is 0 Å². The normalized spacial score (nSPS) is 10.5. The van der Waals surface area contributed by atoms with Gasteiger partial charge in [-0.2, -0.15) is 0 Å². The van der Waals surface area contributed by atoms with Crippen LogP contribution in [0.2, 0.25) is 0 Å². The number of nitro benzene ring substituents is 1. The van der Waals surface area contributed by atoms with E-state index in [1.807, 2.05) is 35.9 Å². The molecule has 1 N–H and O–H groups in total. The number of hydrogen-bond acceptors (Lipinski definition) is 6. The Balaban J connectivity index is 1.63. The van der Waals surface area contributed by atoms with E-state index in [1.54, 1.807) is 23.9 Å². The van der Waals surface area contributed by atoms with Gasteiger partial charge in [-0.25, -0.2) is 4.98 Å². The van der Waals surface area contributed by atoms with Crippen LogP contribution in [0.15, 0.2) is 58.8 Å². The number of aromatic nitrogens is 1. The molecule has 0 aliphatic rings. The second-order valence-corrected chi connectivity index (χ2v) is 7.15. The summed E-state index contributed by atoms with van der Waals surface area (Å²) in [4.78, 5) is 28.0. The number of nitro groups is 1. The fraction of sp³-hybridized carbons (Fsp3) is 0.111. The standard InChI is InChI=1S/C18H15N3O3S2/c1-25-15-8-2-12(3-9-15)10-17(22)20-18-19-16(11-26-18)13-4-6-14(7-5-13)21(23)24/h2-9,11H,10H2,1H3,(H,19,20,22). The molecule has 0 saturated heterocycles. The minimum absolute atomic E-state index is 0.0324. The lowest BCUT2D eigenvalue weighted by Crippen LogP contribution is -2.14. The maximum Gasteiger partial charge on any atom is 0.269 e. The van der Waals surface area contributed by atoms with E-state index in [1.165, 1.54) is 23.5 Å². The molecule has 0 fully saturated rings. The van der Waals surface area contributed by atoms with Crippen LogP contribution < -0.4 is 5.32 Å². The maximum absolute atomic E-state index is 12.2. The van der Waals surface area contributed by atoms with Crippen LogP contribution in [-0.2, 0) is 11.2 Å². The van der Waals surface area contributed by atoms with Crippen molar-refractivity contribution in [1.82, 2.24) is 4.98 Å². The lowest BCUT2D eigenvalue weighted by molar-refractivity contribution is -0.384. The summed E-state index contributed by atoms with van der Waals surface area (Å²) in [5, 5.41) is 15.8. The second kappa shape index (κ2) is 8.11. The zero-order chi connectivity index (χ0) is 18.5. The van der Waals surface area contributed by atoms with Gasteiger partial charge >= 0.3 is 0 Å². The summed E-state index contributed by atoms with van der Waals surface area (Å²) in [7, 11) is 0. The highest BCUT2D eigenvalue weighted by Crippen LogP contribution is 2.26. The van der Waals surface area contributed by atoms with Crippen molar-refractivity contribution in [3.05, 3.63) is 69.6 Å². The fourth-order valence-electron chi connectivity index (χ4n) is 2.31. The number of hydrogen-bond donors (Lipinski definition) is 1. The van der Waals surface area contributed by atoms with Crippen molar-refractivity contribution in [2.45, 2.75) is 11.3 Å². The summed E-state index contributed by atoms with van der Waals surface area (Å²) in [6.45, 7) is 0. The van der Waals surface area contributed by atoms with E-state index < -0.39 is 4.92 Å². The van der Waals surface area contributed by atoms with Gasteiger partial charge < -0.3 is 5.32 Å². The molecule has 6 nitrogen and oxygen atoms in total. The molecule has 3 rings (SSSR count). The van der Waals surface area contributed by atoms with E-state index in [0.717, 1.165) is 16.0 Å². The number of thioether (sulfide) groups is 1. The number of carbonyl (C=O) groups is 1. The number of rotatable bonds is 6. The largest absolute Gasteiger partial charge is 0.302 e. The Morgan fingerprint density at radius 3 is 2.50 bits per heavy atom. The highest BCUT2D eigenvalue weighted by atomic mass is 32.2. The van der Waals surface area contributed by atoms with Crippen molar-refractivity contribution in [3.8, 4) is 11.3 Å². The van der Waals surface area contributed by atoms with Gasteiger partial charge in [-0.1, -0.05) is 12.1 Å². The predicted molar refractivity (Wildman–Crippen MR) is 105 cm³/mol. The monoisotopic (exact) mass is 385 g/mol. The van der Waals surface area contributed by atoms with Gasteiger partial charge in [0, 0.05) is 28.0 Å². The first-order valence-corrected chi connectivity index (χ1v) is 9.79. The Kier molecular flexibility index (Phi) is 5.65. The smallest absolute Gasteiger partial charge is 0.269 e. The van der Waals surface area contributed by atoms with Gasteiger partial charge in [0.05, 0.1) is 17.0 Å². The van der Waals surface area contributed by atoms with Gasteiger partial charge in [0.1, 0.15) is 0 Å². The topological polar surface area (TPSA) is 85.1 Å². The molecule has 0 bridgehead atoms. The highest BCUT2D eigenvalue weighted by Gasteiger charge is 2.10. The molecular weight excluding hydrogens is 370 g/mol. The van der Waals surface area contributed by atoms with E-state index in [-0.39, 0.29) is 18.0 Å². The van der Waals surface area contributed by atoms with Crippen molar-refractivity contribution in [2.24, 2.45) is 0 Å². The molecule has 0 aliphatic carbocycles. The molecule has 1 amide bonds. The molecule has 132 valence electrons. The van der Waals surface area contributed by atoms with E-state index in [0.29, 0.717) is 10.8 Å². The van der Waals surface area contributed by atoms with Crippen LogP contribution in [0.3, 0.4) is 0 Å². The Labute approximate surface area is 158 Å². The molecule has 8 heteroatoms. The number of carbonyl (C=O) groups excluding carboxylic acids is 1. The van der Waals surface area contributed by atoms with E-state index in [2.05, 4.69) is 10.3 Å². The Morgan fingerprint density at radius 1 is 1.19 bits per heavy atom. The van der Waals surface area contributed by atoms with Crippen molar-refractivity contribution >= 4 is 39.8 Å². The van der Waals surface area contributed by atoms with Crippen molar-refractivity contribution in [1.29, 1.82) is 0 Å². The number of thiazole rings is 1. The van der Waals surface area contributed by atoms with Gasteiger partial charge in [0.2, 0.25) is 5.91 Å². The van der Waals surface area contributed by atoms with Crippen molar-refractivity contribution in [2.75, 3.05) is 11.6 Å². The van der Waals surface area contributed by atoms with Crippen LogP contribution in [0, 0.1) is 10.1 Å². The Morgan fingerprint density at radius 2 is 1.88 bits per heavy atom. The van der Waals surface area contributed by atoms with Gasteiger partial charge in [-0.15, -0.1) is 23.1 Å². The molecular formula is C18H15N3O3S2. The number of nitrogens with zero attached hydrogens (tertiary/aromatic N) is 2. The molecule has 1 aromatic heterocycles. The average molecular weight is 385 g/mol. The van der Waals surface area contributed by atoms with Gasteiger partial charge in [-0.3, -0.25) is 14.9 Å². The van der Waals surface area contributed by atoms with E-state index in [4.69, 9.17) is 0 Å². The molecule has 0 aliphatic heterocycles. The number of amides is 1. The first kappa shape index (κ1) is 18.1. The van der Waals surface area contributed by atoms with Gasteiger partial charge in [-0.05, 0) is 36.1 Å². The molecule has 0 unspecified atom stereocenters. The number of nitrogens with one attached hydrogen (secondary N) is 1. The number of anilines is 1. The summed E-state index contributed by atoms with van der Waals surface area (Å²) in [5.74, 6) is -0.133. The van der Waals surface area contributed by atoms with Crippen LogP contribution in [0.5, 0.6) is 0 Å². The maximum atomic E-state index is 12.2. The van der Waals surface area contributed by atoms with Gasteiger partial charge in [0.25, 0.3) is 5.69 Å². The summed E-state index contributed by atoms with van der Waals surface area (Å²) in [5.41, 5.74) is 2.40. The lowest BCUT2D eigenvalue weighted by Gasteiger charge is -2.03. The Bertz CT molecular complexity index is 922. The lowest BCUT2D eigenvalue weighted by atomic mass is 10.1. The zero-order valence-electron chi connectivity index (χ0n) is 13.8. The molecule has 0 spiro atoms. The Hall–Kier alpha value is -2.71. The molecule has 26 heavy (non-hydrogen) atoms. The van der Waals surface area contributed by atoms with Gasteiger partial charge in [0.15, 0.2) is 5.13 Å². The van der Waals surface area contributed by atoms with Crippen LogP contribution in [0.25, 0.3) is 11.3 Å². The third-order valence-electron chi connectivity index (χ3n) is 3.65. The van der Waals surface area contributed by atoms with Crippen LogP contribution >= 0.6 is 23.1 Å². The van der Waals surface area contributed by atoms with Crippen molar-refractivity contribution in [3.63, 3.8) is 0 Å². The third-order valence-corrected chi connectivity index (χ3v) is 5.15. The summed E-state index contributed by atoms with van der Waals surface area (Å²) in [6, 6.07) is 14.0. The molecule has 3 aromatic rings. The molecule has 0 atom stereocenters. The minimum atomic E-state index is -0.442. The second-order valence-electron chi connectivity index (χ2n) is 5.41. The van der Waals surface area contributed by atoms with Crippen LogP contribution in [0.1, 0.15) is 5.56 Å². The van der Waals surface area contributed by atoms with Crippen molar-refractivity contribution < 1.29 is 9.72 Å². The third kappa shape index (κ3) is 4.47. The quantitative estimate of drug-likeness (QED) is 0.380. The van der Waals surface area contributed by atoms with Crippen LogP contribution in [-0.4, -0.2) is 22.1 Å². The molecule has 2 aromatic carbocycles. The SMILES string of the molecule is CSc1ccc(CC(=O)Nc2nc(-c3ccc([N+](=O)[O-])cc3)cs2)cc1. The molecule has 0 saturated carbocycles. The zero-order valence-corrected chi connectivity index (χ0v) is 15.5. The highest BCUT2D eigenvalue weighted by molar-refractivity contribution is 7.98. The predicted octanol–water partition coefficient (Wildman–Crippen LogP) is 4.62. The molecule has 0 radical (unpaired) electrons. The number of non-ortho nitro benzene ring substituents is 1. The summed E-state index contributed by atoms with van der Waals surface area (Å²) < 4.78 is 0. The summed E-state index contributed by atoms with van der Waals surface area (Å²) >= 11 is 2.98. The fourth-order valence-corrected chi connectivity index (χ4v) is 3.45. The first-order chi connectivity index (χ1) is 12.5. The van der Waals surface area contributed by atoms with Crippen LogP contribution in [0.4, 0.5) is 10.8 Å². The van der Waals surface area contributed by atoms with E-state index in [9.17, 15) is 14.9 Å². The number of benzene rings is 2.